The number of hydrogen-bond acceptors (Lipinski definition) is 2. The highest BCUT2D eigenvalue weighted by Crippen LogP contribution is 2.30. The fraction of sp³-hybridized carbons (Fsp3) is 0.538. The minimum atomic E-state index is 0.165. The highest BCUT2D eigenvalue weighted by atomic mass is 79.9. The van der Waals surface area contributed by atoms with Gasteiger partial charge in [0.05, 0.1) is 0 Å². The van der Waals surface area contributed by atoms with E-state index in [-0.39, 0.29) is 5.54 Å². The maximum atomic E-state index is 3.54. The summed E-state index contributed by atoms with van der Waals surface area (Å²) in [7, 11) is 0. The van der Waals surface area contributed by atoms with Crippen LogP contribution in [0.2, 0.25) is 0 Å². The molecule has 1 saturated heterocycles. The fourth-order valence-electron chi connectivity index (χ4n) is 2.59. The van der Waals surface area contributed by atoms with Gasteiger partial charge in [0.2, 0.25) is 0 Å². The maximum absolute atomic E-state index is 3.54. The van der Waals surface area contributed by atoms with Gasteiger partial charge in [0.1, 0.15) is 0 Å². The third-order valence-electron chi connectivity index (χ3n) is 3.18. The van der Waals surface area contributed by atoms with Crippen LogP contribution in [0.25, 0.3) is 0 Å². The summed E-state index contributed by atoms with van der Waals surface area (Å²) in [6, 6.07) is 9.09. The van der Waals surface area contributed by atoms with Crippen LogP contribution >= 0.6 is 15.9 Å². The predicted octanol–water partition coefficient (Wildman–Crippen LogP) is 3.03. The van der Waals surface area contributed by atoms with Crippen LogP contribution in [0.4, 0.5) is 5.69 Å². The van der Waals surface area contributed by atoms with Crippen LogP contribution in [-0.4, -0.2) is 24.7 Å². The molecule has 0 radical (unpaired) electrons. The number of hydrogen-bond donors (Lipinski definition) is 1. The number of anilines is 1. The lowest BCUT2D eigenvalue weighted by atomic mass is 9.95. The molecular weight excluding hydrogens is 264 g/mol. The normalized spacial score (nSPS) is 24.5. The molecule has 1 fully saturated rings. The first kappa shape index (κ1) is 11.9. The molecule has 0 bridgehead atoms. The molecule has 1 atom stereocenters. The summed E-state index contributed by atoms with van der Waals surface area (Å²) < 4.78 is 1.14. The fourth-order valence-corrected chi connectivity index (χ4v) is 2.98. The Balaban J connectivity index is 2.36. The predicted molar refractivity (Wildman–Crippen MR) is 73.0 cm³/mol. The van der Waals surface area contributed by atoms with E-state index in [0.29, 0.717) is 6.04 Å². The van der Waals surface area contributed by atoms with Gasteiger partial charge in [-0.2, -0.15) is 0 Å². The van der Waals surface area contributed by atoms with E-state index in [1.165, 1.54) is 5.69 Å². The van der Waals surface area contributed by atoms with E-state index in [1.807, 2.05) is 0 Å². The van der Waals surface area contributed by atoms with Crippen molar-refractivity contribution in [2.75, 3.05) is 18.0 Å². The summed E-state index contributed by atoms with van der Waals surface area (Å²) in [6.45, 7) is 8.93. The van der Waals surface area contributed by atoms with Gasteiger partial charge in [0, 0.05) is 34.8 Å². The topological polar surface area (TPSA) is 15.3 Å². The van der Waals surface area contributed by atoms with Gasteiger partial charge in [-0.05, 0) is 39.0 Å². The van der Waals surface area contributed by atoms with Crippen LogP contribution in [0.5, 0.6) is 0 Å². The van der Waals surface area contributed by atoms with Gasteiger partial charge in [0.15, 0.2) is 0 Å². The molecule has 3 heteroatoms. The van der Waals surface area contributed by atoms with Crippen molar-refractivity contribution >= 4 is 21.6 Å². The Bertz CT molecular complexity index is 376. The number of nitrogens with one attached hydrogen (secondary N) is 1. The Morgan fingerprint density at radius 3 is 2.81 bits per heavy atom. The minimum Gasteiger partial charge on any atom is -0.361 e. The van der Waals surface area contributed by atoms with Gasteiger partial charge in [-0.3, -0.25) is 0 Å². The molecule has 88 valence electrons. The quantitative estimate of drug-likeness (QED) is 0.852. The van der Waals surface area contributed by atoms with Gasteiger partial charge < -0.3 is 10.2 Å². The zero-order valence-electron chi connectivity index (χ0n) is 10.1. The number of nitrogens with zero attached hydrogens (tertiary/aromatic N) is 1. The molecular formula is C13H19BrN2. The molecule has 0 spiro atoms. The maximum Gasteiger partial charge on any atom is 0.0473 e. The van der Waals surface area contributed by atoms with Crippen LogP contribution < -0.4 is 10.2 Å². The molecule has 0 amide bonds. The minimum absolute atomic E-state index is 0.165. The molecule has 1 unspecified atom stereocenters. The molecule has 2 rings (SSSR count). The molecule has 0 aromatic heterocycles. The van der Waals surface area contributed by atoms with Crippen molar-refractivity contribution in [1.29, 1.82) is 0 Å². The van der Waals surface area contributed by atoms with E-state index in [4.69, 9.17) is 0 Å². The van der Waals surface area contributed by atoms with E-state index in [9.17, 15) is 0 Å². The van der Waals surface area contributed by atoms with Crippen molar-refractivity contribution in [3.8, 4) is 0 Å². The second-order valence-electron chi connectivity index (χ2n) is 5.14. The molecule has 0 saturated carbocycles. The summed E-state index contributed by atoms with van der Waals surface area (Å²) in [5.41, 5.74) is 1.46. The number of piperazine rings is 1. The standard InChI is InChI=1S/C13H19BrN2/c1-10-8-15-9-13(2,3)16(10)12-6-4-5-11(14)7-12/h4-7,10,15H,8-9H2,1-3H3. The summed E-state index contributed by atoms with van der Waals surface area (Å²) in [5.74, 6) is 0. The summed E-state index contributed by atoms with van der Waals surface area (Å²) in [6.07, 6.45) is 0. The van der Waals surface area contributed by atoms with E-state index >= 15 is 0 Å². The average Bonchev–Trinajstić information content (AvgIpc) is 2.15. The van der Waals surface area contributed by atoms with Crippen molar-refractivity contribution in [3.05, 3.63) is 28.7 Å². The first-order valence-electron chi connectivity index (χ1n) is 5.76. The highest BCUT2D eigenvalue weighted by molar-refractivity contribution is 9.10. The van der Waals surface area contributed by atoms with Crippen LogP contribution in [0.1, 0.15) is 20.8 Å². The zero-order chi connectivity index (χ0) is 11.8. The Morgan fingerprint density at radius 1 is 1.44 bits per heavy atom. The van der Waals surface area contributed by atoms with Gasteiger partial charge in [-0.25, -0.2) is 0 Å². The Labute approximate surface area is 106 Å². The van der Waals surface area contributed by atoms with E-state index in [2.05, 4.69) is 71.2 Å². The van der Waals surface area contributed by atoms with Gasteiger partial charge >= 0.3 is 0 Å². The van der Waals surface area contributed by atoms with Crippen LogP contribution in [0, 0.1) is 0 Å². The van der Waals surface area contributed by atoms with Crippen LogP contribution in [0.15, 0.2) is 28.7 Å². The van der Waals surface area contributed by atoms with Crippen molar-refractivity contribution in [2.45, 2.75) is 32.4 Å². The van der Waals surface area contributed by atoms with Crippen molar-refractivity contribution in [3.63, 3.8) is 0 Å². The summed E-state index contributed by atoms with van der Waals surface area (Å²) in [5, 5.41) is 3.49. The smallest absolute Gasteiger partial charge is 0.0473 e. The number of benzene rings is 1. The van der Waals surface area contributed by atoms with E-state index in [1.54, 1.807) is 0 Å². The molecule has 1 N–H and O–H groups in total. The van der Waals surface area contributed by atoms with E-state index in [0.717, 1.165) is 17.6 Å². The summed E-state index contributed by atoms with van der Waals surface area (Å²) in [4.78, 5) is 2.51. The third kappa shape index (κ3) is 2.25. The Kier molecular flexibility index (Phi) is 3.27. The average molecular weight is 283 g/mol. The van der Waals surface area contributed by atoms with Gasteiger partial charge in [-0.15, -0.1) is 0 Å². The molecule has 1 aliphatic rings. The third-order valence-corrected chi connectivity index (χ3v) is 3.67. The zero-order valence-corrected chi connectivity index (χ0v) is 11.7. The largest absolute Gasteiger partial charge is 0.361 e. The monoisotopic (exact) mass is 282 g/mol. The second kappa shape index (κ2) is 4.38. The molecule has 16 heavy (non-hydrogen) atoms. The van der Waals surface area contributed by atoms with E-state index < -0.39 is 0 Å². The summed E-state index contributed by atoms with van der Waals surface area (Å²) >= 11 is 3.54. The highest BCUT2D eigenvalue weighted by Gasteiger charge is 2.34. The lowest BCUT2D eigenvalue weighted by Gasteiger charge is -2.48. The first-order chi connectivity index (χ1) is 7.50. The first-order valence-corrected chi connectivity index (χ1v) is 6.56. The SMILES string of the molecule is CC1CNCC(C)(C)N1c1cccc(Br)c1. The Hall–Kier alpha value is -0.540. The van der Waals surface area contributed by atoms with Gasteiger partial charge in [0.25, 0.3) is 0 Å². The van der Waals surface area contributed by atoms with Crippen molar-refractivity contribution in [2.24, 2.45) is 0 Å². The molecule has 1 aromatic carbocycles. The second-order valence-corrected chi connectivity index (χ2v) is 6.06. The molecule has 1 heterocycles. The lowest BCUT2D eigenvalue weighted by molar-refractivity contribution is 0.334. The molecule has 2 nitrogen and oxygen atoms in total. The van der Waals surface area contributed by atoms with Crippen LogP contribution in [-0.2, 0) is 0 Å². The molecule has 1 aromatic rings. The van der Waals surface area contributed by atoms with Gasteiger partial charge in [-0.1, -0.05) is 22.0 Å². The number of halogens is 1. The molecule has 1 aliphatic heterocycles. The molecule has 0 aliphatic carbocycles. The lowest BCUT2D eigenvalue weighted by Crippen LogP contribution is -2.62. The number of rotatable bonds is 1. The Morgan fingerprint density at radius 2 is 2.19 bits per heavy atom. The van der Waals surface area contributed by atoms with Crippen molar-refractivity contribution < 1.29 is 0 Å². The van der Waals surface area contributed by atoms with Crippen molar-refractivity contribution in [1.82, 2.24) is 5.32 Å². The van der Waals surface area contributed by atoms with Crippen LogP contribution in [0.3, 0.4) is 0 Å².